The van der Waals surface area contributed by atoms with Crippen LogP contribution in [-0.2, 0) is 0 Å². The van der Waals surface area contributed by atoms with E-state index in [4.69, 9.17) is 0 Å². The maximum absolute atomic E-state index is 4.66. The van der Waals surface area contributed by atoms with Crippen LogP contribution in [0.3, 0.4) is 0 Å². The Hall–Kier alpha value is -2.10. The highest BCUT2D eigenvalue weighted by molar-refractivity contribution is 5.64. The third-order valence-electron chi connectivity index (χ3n) is 3.44. The second kappa shape index (κ2) is 7.78. The Bertz CT molecular complexity index is 581. The van der Waals surface area contributed by atoms with Crippen molar-refractivity contribution >= 4 is 11.8 Å². The number of hydrogen-bond acceptors (Lipinski definition) is 4. The summed E-state index contributed by atoms with van der Waals surface area (Å²) in [6.07, 6.45) is 2.34. The molecule has 4 nitrogen and oxygen atoms in total. The molecule has 0 bridgehead atoms. The second-order valence-electron chi connectivity index (χ2n) is 5.88. The fourth-order valence-corrected chi connectivity index (χ4v) is 2.22. The Morgan fingerprint density at radius 2 is 1.86 bits per heavy atom. The minimum absolute atomic E-state index is 0.305. The molecule has 0 amide bonds. The highest BCUT2D eigenvalue weighted by Gasteiger charge is 2.10. The van der Waals surface area contributed by atoms with E-state index >= 15 is 0 Å². The molecule has 0 aliphatic rings. The molecule has 0 fully saturated rings. The zero-order chi connectivity index (χ0) is 15.9. The number of hydrogen-bond donors (Lipinski definition) is 1. The van der Waals surface area contributed by atoms with Gasteiger partial charge in [-0.15, -0.1) is 0 Å². The normalized spacial score (nSPS) is 10.8. The Balaban J connectivity index is 2.36. The van der Waals surface area contributed by atoms with Crippen LogP contribution in [-0.4, -0.2) is 29.6 Å². The van der Waals surface area contributed by atoms with E-state index < -0.39 is 0 Å². The molecule has 2 rings (SSSR count). The summed E-state index contributed by atoms with van der Waals surface area (Å²) >= 11 is 0. The highest BCUT2D eigenvalue weighted by atomic mass is 15.2. The van der Waals surface area contributed by atoms with E-state index in [1.54, 1.807) is 0 Å². The van der Waals surface area contributed by atoms with Crippen LogP contribution in [0.4, 0.5) is 11.8 Å². The van der Waals surface area contributed by atoms with Gasteiger partial charge >= 0.3 is 0 Å². The van der Waals surface area contributed by atoms with Crippen LogP contribution in [0.25, 0.3) is 11.3 Å². The Morgan fingerprint density at radius 1 is 1.14 bits per heavy atom. The van der Waals surface area contributed by atoms with Crippen molar-refractivity contribution in [3.05, 3.63) is 36.4 Å². The van der Waals surface area contributed by atoms with E-state index in [1.165, 1.54) is 6.42 Å². The van der Waals surface area contributed by atoms with Crippen LogP contribution in [0.2, 0.25) is 0 Å². The first kappa shape index (κ1) is 16.3. The predicted octanol–water partition coefficient (Wildman–Crippen LogP) is 4.20. The number of nitrogens with zero attached hydrogens (tertiary/aromatic N) is 3. The van der Waals surface area contributed by atoms with Gasteiger partial charge in [0.15, 0.2) is 0 Å². The zero-order valence-electron chi connectivity index (χ0n) is 14.0. The average molecular weight is 298 g/mol. The lowest BCUT2D eigenvalue weighted by atomic mass is 10.1. The fraction of sp³-hybridized carbons (Fsp3) is 0.444. The second-order valence-corrected chi connectivity index (χ2v) is 5.88. The Morgan fingerprint density at radius 3 is 2.50 bits per heavy atom. The van der Waals surface area contributed by atoms with Gasteiger partial charge in [-0.05, 0) is 20.3 Å². The van der Waals surface area contributed by atoms with Crippen LogP contribution in [0, 0.1) is 0 Å². The van der Waals surface area contributed by atoms with E-state index in [2.05, 4.69) is 66.2 Å². The summed E-state index contributed by atoms with van der Waals surface area (Å²) in [5.41, 5.74) is 2.07. The molecule has 4 heteroatoms. The molecular weight excluding hydrogens is 272 g/mol. The number of benzene rings is 1. The zero-order valence-corrected chi connectivity index (χ0v) is 14.0. The standard InChI is InChI=1S/C18H26N4/c1-5-6-12-22(4)17-13-16(15-10-8-7-9-11-15)20-18(21-17)19-14(2)3/h7-11,13-14H,5-6,12H2,1-4H3,(H,19,20,21). The molecular formula is C18H26N4. The van der Waals surface area contributed by atoms with Crippen molar-refractivity contribution in [3.63, 3.8) is 0 Å². The molecule has 118 valence electrons. The van der Waals surface area contributed by atoms with Crippen LogP contribution in [0.15, 0.2) is 36.4 Å². The molecule has 0 saturated carbocycles. The average Bonchev–Trinajstić information content (AvgIpc) is 2.52. The van der Waals surface area contributed by atoms with Crippen molar-refractivity contribution in [3.8, 4) is 11.3 Å². The lowest BCUT2D eigenvalue weighted by Crippen LogP contribution is -2.21. The number of aromatic nitrogens is 2. The van der Waals surface area contributed by atoms with Crippen molar-refractivity contribution in [1.82, 2.24) is 9.97 Å². The SMILES string of the molecule is CCCCN(C)c1cc(-c2ccccc2)nc(NC(C)C)n1. The predicted molar refractivity (Wildman–Crippen MR) is 94.4 cm³/mol. The van der Waals surface area contributed by atoms with Gasteiger partial charge in [0.05, 0.1) is 5.69 Å². The summed E-state index contributed by atoms with van der Waals surface area (Å²) in [7, 11) is 2.09. The summed E-state index contributed by atoms with van der Waals surface area (Å²) in [4.78, 5) is 11.5. The van der Waals surface area contributed by atoms with E-state index in [9.17, 15) is 0 Å². The van der Waals surface area contributed by atoms with Gasteiger partial charge in [-0.1, -0.05) is 43.7 Å². The van der Waals surface area contributed by atoms with Gasteiger partial charge in [-0.25, -0.2) is 4.98 Å². The summed E-state index contributed by atoms with van der Waals surface area (Å²) in [5.74, 6) is 1.65. The molecule has 0 atom stereocenters. The van der Waals surface area contributed by atoms with Crippen LogP contribution >= 0.6 is 0 Å². The molecule has 0 aliphatic heterocycles. The molecule has 0 radical (unpaired) electrons. The maximum Gasteiger partial charge on any atom is 0.225 e. The molecule has 1 aromatic heterocycles. The Labute approximate surface area is 133 Å². The molecule has 0 spiro atoms. The van der Waals surface area contributed by atoms with Gasteiger partial charge in [0, 0.05) is 31.3 Å². The third-order valence-corrected chi connectivity index (χ3v) is 3.44. The molecule has 0 unspecified atom stereocenters. The molecule has 0 saturated heterocycles. The monoisotopic (exact) mass is 298 g/mol. The minimum Gasteiger partial charge on any atom is -0.359 e. The summed E-state index contributed by atoms with van der Waals surface area (Å²) < 4.78 is 0. The molecule has 1 N–H and O–H groups in total. The molecule has 0 aliphatic carbocycles. The van der Waals surface area contributed by atoms with Crippen molar-refractivity contribution in [2.75, 3.05) is 23.8 Å². The number of rotatable bonds is 7. The highest BCUT2D eigenvalue weighted by Crippen LogP contribution is 2.23. The topological polar surface area (TPSA) is 41.1 Å². The molecule has 2 aromatic rings. The molecule has 1 aromatic carbocycles. The first-order valence-electron chi connectivity index (χ1n) is 8.02. The fourth-order valence-electron chi connectivity index (χ4n) is 2.22. The molecule has 1 heterocycles. The van der Waals surface area contributed by atoms with E-state index in [-0.39, 0.29) is 0 Å². The van der Waals surface area contributed by atoms with Gasteiger partial charge in [-0.2, -0.15) is 4.98 Å². The van der Waals surface area contributed by atoms with Gasteiger partial charge in [0.2, 0.25) is 5.95 Å². The number of unbranched alkanes of at least 4 members (excludes halogenated alkanes) is 1. The van der Waals surface area contributed by atoms with Crippen molar-refractivity contribution in [1.29, 1.82) is 0 Å². The largest absolute Gasteiger partial charge is 0.359 e. The maximum atomic E-state index is 4.66. The Kier molecular flexibility index (Phi) is 5.75. The number of nitrogens with one attached hydrogen (secondary N) is 1. The van der Waals surface area contributed by atoms with E-state index in [0.717, 1.165) is 30.0 Å². The first-order valence-corrected chi connectivity index (χ1v) is 8.02. The summed E-state index contributed by atoms with van der Waals surface area (Å²) in [6, 6.07) is 12.6. The smallest absolute Gasteiger partial charge is 0.225 e. The lowest BCUT2D eigenvalue weighted by Gasteiger charge is -2.20. The van der Waals surface area contributed by atoms with Crippen LogP contribution in [0.5, 0.6) is 0 Å². The van der Waals surface area contributed by atoms with Crippen LogP contribution in [0.1, 0.15) is 33.6 Å². The van der Waals surface area contributed by atoms with Gasteiger partial charge < -0.3 is 10.2 Å². The van der Waals surface area contributed by atoms with Gasteiger partial charge in [-0.3, -0.25) is 0 Å². The lowest BCUT2D eigenvalue weighted by molar-refractivity contribution is 0.757. The van der Waals surface area contributed by atoms with Crippen molar-refractivity contribution in [2.45, 2.75) is 39.7 Å². The van der Waals surface area contributed by atoms with Crippen LogP contribution < -0.4 is 10.2 Å². The quantitative estimate of drug-likeness (QED) is 0.831. The summed E-state index contributed by atoms with van der Waals surface area (Å²) in [5, 5.41) is 3.32. The first-order chi connectivity index (χ1) is 10.6. The van der Waals surface area contributed by atoms with Gasteiger partial charge in [0.1, 0.15) is 5.82 Å². The van der Waals surface area contributed by atoms with Crippen molar-refractivity contribution < 1.29 is 0 Å². The van der Waals surface area contributed by atoms with E-state index in [1.807, 2.05) is 18.2 Å². The van der Waals surface area contributed by atoms with E-state index in [0.29, 0.717) is 12.0 Å². The van der Waals surface area contributed by atoms with Gasteiger partial charge in [0.25, 0.3) is 0 Å². The van der Waals surface area contributed by atoms with Crippen molar-refractivity contribution in [2.24, 2.45) is 0 Å². The molecule has 22 heavy (non-hydrogen) atoms. The minimum atomic E-state index is 0.305. The summed E-state index contributed by atoms with van der Waals surface area (Å²) in [6.45, 7) is 7.40. The third kappa shape index (κ3) is 4.45. The number of anilines is 2.